The van der Waals surface area contributed by atoms with Crippen LogP contribution in [0.4, 0.5) is 0 Å². The molecular formula is C10H9IN2S. The van der Waals surface area contributed by atoms with Crippen LogP contribution >= 0.6 is 34.8 Å². The fourth-order valence-corrected chi connectivity index (χ4v) is 2.22. The number of fused-ring (bicyclic) bond motifs is 1. The maximum atomic E-state index is 5.22. The highest BCUT2D eigenvalue weighted by Gasteiger charge is 2.02. The van der Waals surface area contributed by atoms with Crippen molar-refractivity contribution in [2.75, 3.05) is 0 Å². The number of halogens is 1. The van der Waals surface area contributed by atoms with Crippen molar-refractivity contribution in [2.45, 2.75) is 6.54 Å². The van der Waals surface area contributed by atoms with Crippen molar-refractivity contribution in [1.29, 1.82) is 0 Å². The molecule has 0 aliphatic rings. The van der Waals surface area contributed by atoms with Gasteiger partial charge in [-0.1, -0.05) is 6.08 Å². The Kier molecular flexibility index (Phi) is 2.73. The summed E-state index contributed by atoms with van der Waals surface area (Å²) in [6.45, 7) is 4.47. The van der Waals surface area contributed by atoms with Crippen LogP contribution in [0.1, 0.15) is 0 Å². The summed E-state index contributed by atoms with van der Waals surface area (Å²) in [7, 11) is 0. The fraction of sp³-hybridized carbons (Fsp3) is 0.100. The van der Waals surface area contributed by atoms with Crippen LogP contribution in [-0.2, 0) is 6.54 Å². The number of allylic oxidation sites excluding steroid dienone is 1. The molecule has 0 saturated carbocycles. The fourth-order valence-electron chi connectivity index (χ4n) is 1.45. The number of benzene rings is 1. The lowest BCUT2D eigenvalue weighted by Gasteiger charge is -1.98. The molecule has 1 N–H and O–H groups in total. The second-order valence-electron chi connectivity index (χ2n) is 2.99. The molecular weight excluding hydrogens is 307 g/mol. The third kappa shape index (κ3) is 1.64. The molecule has 0 radical (unpaired) electrons. The van der Waals surface area contributed by atoms with Crippen molar-refractivity contribution in [1.82, 2.24) is 9.55 Å². The zero-order chi connectivity index (χ0) is 10.1. The van der Waals surface area contributed by atoms with E-state index >= 15 is 0 Å². The predicted octanol–water partition coefficient (Wildman–Crippen LogP) is 3.49. The minimum absolute atomic E-state index is 0.749. The zero-order valence-corrected chi connectivity index (χ0v) is 10.4. The first kappa shape index (κ1) is 9.92. The van der Waals surface area contributed by atoms with Crippen molar-refractivity contribution in [3.05, 3.63) is 39.2 Å². The van der Waals surface area contributed by atoms with Gasteiger partial charge in [0.05, 0.1) is 11.0 Å². The van der Waals surface area contributed by atoms with E-state index in [0.29, 0.717) is 0 Å². The van der Waals surface area contributed by atoms with E-state index in [9.17, 15) is 0 Å². The molecule has 14 heavy (non-hydrogen) atoms. The van der Waals surface area contributed by atoms with Gasteiger partial charge < -0.3 is 9.55 Å². The Morgan fingerprint density at radius 3 is 3.07 bits per heavy atom. The first-order chi connectivity index (χ1) is 6.72. The van der Waals surface area contributed by atoms with Gasteiger partial charge in [0.2, 0.25) is 0 Å². The summed E-state index contributed by atoms with van der Waals surface area (Å²) in [5.41, 5.74) is 2.22. The molecule has 0 unspecified atom stereocenters. The average Bonchev–Trinajstić information content (AvgIpc) is 2.43. The van der Waals surface area contributed by atoms with E-state index < -0.39 is 0 Å². The Balaban J connectivity index is 2.76. The van der Waals surface area contributed by atoms with Crippen LogP contribution in [0.5, 0.6) is 0 Å². The Bertz CT molecular complexity index is 539. The number of nitrogens with one attached hydrogen (secondary N) is 1. The lowest BCUT2D eigenvalue weighted by atomic mass is 10.3. The highest BCUT2D eigenvalue weighted by Crippen LogP contribution is 2.17. The van der Waals surface area contributed by atoms with Gasteiger partial charge in [-0.25, -0.2) is 0 Å². The molecule has 0 spiro atoms. The van der Waals surface area contributed by atoms with Crippen LogP contribution in [0, 0.1) is 8.34 Å². The number of hydrogen-bond acceptors (Lipinski definition) is 1. The van der Waals surface area contributed by atoms with Crippen LogP contribution < -0.4 is 0 Å². The Morgan fingerprint density at radius 1 is 1.57 bits per heavy atom. The molecule has 0 atom stereocenters. The molecule has 0 aliphatic heterocycles. The molecule has 0 fully saturated rings. The summed E-state index contributed by atoms with van der Waals surface area (Å²) < 4.78 is 3.99. The zero-order valence-electron chi connectivity index (χ0n) is 7.46. The SMILES string of the molecule is C=CCn1c(=S)[nH]c2cc(I)ccc21. The van der Waals surface area contributed by atoms with Gasteiger partial charge in [-0.3, -0.25) is 0 Å². The van der Waals surface area contributed by atoms with Crippen molar-refractivity contribution in [3.63, 3.8) is 0 Å². The number of nitrogens with zero attached hydrogens (tertiary/aromatic N) is 1. The van der Waals surface area contributed by atoms with Crippen LogP contribution in [-0.4, -0.2) is 9.55 Å². The molecule has 1 aromatic heterocycles. The Morgan fingerprint density at radius 2 is 2.36 bits per heavy atom. The molecule has 72 valence electrons. The van der Waals surface area contributed by atoms with Gasteiger partial charge in [-0.15, -0.1) is 6.58 Å². The summed E-state index contributed by atoms with van der Waals surface area (Å²) in [6, 6.07) is 6.24. The van der Waals surface area contributed by atoms with Gasteiger partial charge in [0, 0.05) is 10.1 Å². The third-order valence-corrected chi connectivity index (χ3v) is 3.04. The lowest BCUT2D eigenvalue weighted by Crippen LogP contribution is -1.93. The molecule has 1 aromatic carbocycles. The average molecular weight is 316 g/mol. The smallest absolute Gasteiger partial charge is 0.178 e. The van der Waals surface area contributed by atoms with Gasteiger partial charge in [0.1, 0.15) is 0 Å². The van der Waals surface area contributed by atoms with E-state index in [1.54, 1.807) is 0 Å². The second-order valence-corrected chi connectivity index (χ2v) is 4.62. The van der Waals surface area contributed by atoms with Gasteiger partial charge in [-0.05, 0) is 53.0 Å². The Hall–Kier alpha value is -0.620. The van der Waals surface area contributed by atoms with Gasteiger partial charge in [0.25, 0.3) is 0 Å². The Labute approximate surface area is 101 Å². The minimum Gasteiger partial charge on any atom is -0.331 e. The molecule has 0 amide bonds. The molecule has 2 rings (SSSR count). The molecule has 0 saturated heterocycles. The molecule has 0 bridgehead atoms. The van der Waals surface area contributed by atoms with Crippen molar-refractivity contribution < 1.29 is 0 Å². The summed E-state index contributed by atoms with van der Waals surface area (Å²) in [4.78, 5) is 3.18. The summed E-state index contributed by atoms with van der Waals surface area (Å²) in [6.07, 6.45) is 1.85. The van der Waals surface area contributed by atoms with E-state index in [4.69, 9.17) is 12.2 Å². The first-order valence-electron chi connectivity index (χ1n) is 4.21. The number of imidazole rings is 1. The largest absolute Gasteiger partial charge is 0.331 e. The predicted molar refractivity (Wildman–Crippen MR) is 70.0 cm³/mol. The number of aromatic nitrogens is 2. The van der Waals surface area contributed by atoms with E-state index in [2.05, 4.69) is 52.4 Å². The van der Waals surface area contributed by atoms with E-state index in [1.807, 2.05) is 10.6 Å². The van der Waals surface area contributed by atoms with Crippen molar-refractivity contribution in [2.24, 2.45) is 0 Å². The van der Waals surface area contributed by atoms with E-state index in [0.717, 1.165) is 22.3 Å². The standard InChI is InChI=1S/C10H9IN2S/c1-2-5-13-9-4-3-7(11)6-8(9)12-10(13)14/h2-4,6H,1,5H2,(H,12,14). The highest BCUT2D eigenvalue weighted by atomic mass is 127. The van der Waals surface area contributed by atoms with Crippen LogP contribution in [0.3, 0.4) is 0 Å². The van der Waals surface area contributed by atoms with Crippen LogP contribution in [0.2, 0.25) is 0 Å². The van der Waals surface area contributed by atoms with Crippen LogP contribution in [0.25, 0.3) is 11.0 Å². The summed E-state index contributed by atoms with van der Waals surface area (Å²) >= 11 is 7.51. The quantitative estimate of drug-likeness (QED) is 0.511. The number of hydrogen-bond donors (Lipinski definition) is 1. The highest BCUT2D eigenvalue weighted by molar-refractivity contribution is 14.1. The summed E-state index contributed by atoms with van der Waals surface area (Å²) in [5.74, 6) is 0. The number of rotatable bonds is 2. The molecule has 2 nitrogen and oxygen atoms in total. The van der Waals surface area contributed by atoms with E-state index in [-0.39, 0.29) is 0 Å². The second kappa shape index (κ2) is 3.86. The van der Waals surface area contributed by atoms with Crippen LogP contribution in [0.15, 0.2) is 30.9 Å². The first-order valence-corrected chi connectivity index (χ1v) is 5.70. The molecule has 4 heteroatoms. The van der Waals surface area contributed by atoms with Gasteiger partial charge in [0.15, 0.2) is 4.77 Å². The molecule has 1 heterocycles. The molecule has 2 aromatic rings. The number of H-pyrrole nitrogens is 1. The van der Waals surface area contributed by atoms with Gasteiger partial charge >= 0.3 is 0 Å². The topological polar surface area (TPSA) is 20.7 Å². The monoisotopic (exact) mass is 316 g/mol. The normalized spacial score (nSPS) is 10.6. The van der Waals surface area contributed by atoms with Crippen molar-refractivity contribution >= 4 is 45.8 Å². The lowest BCUT2D eigenvalue weighted by molar-refractivity contribution is 0.835. The number of aromatic amines is 1. The summed E-state index contributed by atoms with van der Waals surface area (Å²) in [5, 5.41) is 0. The third-order valence-electron chi connectivity index (χ3n) is 2.05. The minimum atomic E-state index is 0.749. The maximum absolute atomic E-state index is 5.22. The van der Waals surface area contributed by atoms with E-state index in [1.165, 1.54) is 3.57 Å². The van der Waals surface area contributed by atoms with Crippen molar-refractivity contribution in [3.8, 4) is 0 Å². The van der Waals surface area contributed by atoms with Gasteiger partial charge in [-0.2, -0.15) is 0 Å². The maximum Gasteiger partial charge on any atom is 0.178 e. The molecule has 0 aliphatic carbocycles.